The Hall–Kier alpha value is -0.800. The van der Waals surface area contributed by atoms with Crippen molar-refractivity contribution in [3.05, 3.63) is 28.6 Å². The van der Waals surface area contributed by atoms with Crippen molar-refractivity contribution in [2.24, 2.45) is 0 Å². The molecule has 0 spiro atoms. The predicted octanol–water partition coefficient (Wildman–Crippen LogP) is 3.56. The van der Waals surface area contributed by atoms with E-state index >= 15 is 0 Å². The summed E-state index contributed by atoms with van der Waals surface area (Å²) in [7, 11) is 0. The third kappa shape index (κ3) is 1.47. The van der Waals surface area contributed by atoms with Crippen molar-refractivity contribution < 1.29 is 4.79 Å². The maximum atomic E-state index is 10.9. The Balaban J connectivity index is 2.79. The quantitative estimate of drug-likeness (QED) is 0.607. The molecule has 0 amide bonds. The summed E-state index contributed by atoms with van der Waals surface area (Å²) in [4.78, 5) is 13.0. The number of aryl methyl sites for hydroxylation is 1. The number of aldehydes is 1. The van der Waals surface area contributed by atoms with Gasteiger partial charge in [0.05, 0.1) is 0 Å². The van der Waals surface area contributed by atoms with E-state index in [0.717, 1.165) is 38.1 Å². The molecule has 72 valence electrons. The largest absolute Gasteiger partial charge is 0.298 e. The number of fused-ring (bicyclic) bond motifs is 1. The van der Waals surface area contributed by atoms with Gasteiger partial charge < -0.3 is 0 Å². The molecule has 2 aromatic rings. The molecule has 14 heavy (non-hydrogen) atoms. The van der Waals surface area contributed by atoms with Crippen molar-refractivity contribution in [1.29, 1.82) is 0 Å². The van der Waals surface area contributed by atoms with Crippen molar-refractivity contribution in [2.45, 2.75) is 18.2 Å². The summed E-state index contributed by atoms with van der Waals surface area (Å²) in [6, 6.07) is 5.90. The molecule has 1 nitrogen and oxygen atoms in total. The van der Waals surface area contributed by atoms with Crippen molar-refractivity contribution in [3.63, 3.8) is 0 Å². The second-order valence-electron chi connectivity index (χ2n) is 3.09. The standard InChI is InChI=1S/C11H10OS2/c1-2-10-9(6-12)8-4-3-7(13)5-11(8)14-10/h3-6,13H,2H2,1H3. The van der Waals surface area contributed by atoms with Crippen LogP contribution in [0.1, 0.15) is 22.2 Å². The Bertz CT molecular complexity index is 485. The number of carbonyl (C=O) groups is 1. The Morgan fingerprint density at radius 3 is 2.93 bits per heavy atom. The van der Waals surface area contributed by atoms with Crippen LogP contribution in [0.4, 0.5) is 0 Å². The average Bonchev–Trinajstić information content (AvgIpc) is 2.54. The molecule has 0 aliphatic carbocycles. The molecule has 1 aromatic carbocycles. The molecule has 0 aliphatic heterocycles. The lowest BCUT2D eigenvalue weighted by atomic mass is 10.1. The van der Waals surface area contributed by atoms with Crippen molar-refractivity contribution in [1.82, 2.24) is 0 Å². The monoisotopic (exact) mass is 222 g/mol. The number of hydrogen-bond donors (Lipinski definition) is 1. The molecule has 0 saturated carbocycles. The first-order valence-corrected chi connectivity index (χ1v) is 5.72. The lowest BCUT2D eigenvalue weighted by Gasteiger charge is -1.92. The highest BCUT2D eigenvalue weighted by molar-refractivity contribution is 7.80. The lowest BCUT2D eigenvalue weighted by molar-refractivity contribution is 0.112. The summed E-state index contributed by atoms with van der Waals surface area (Å²) in [5.41, 5.74) is 0.848. The molecular weight excluding hydrogens is 212 g/mol. The molecule has 3 heteroatoms. The first-order chi connectivity index (χ1) is 6.76. The van der Waals surface area contributed by atoms with Gasteiger partial charge in [0.25, 0.3) is 0 Å². The van der Waals surface area contributed by atoms with Gasteiger partial charge in [0.15, 0.2) is 6.29 Å². The highest BCUT2D eigenvalue weighted by Crippen LogP contribution is 2.31. The van der Waals surface area contributed by atoms with Crippen molar-refractivity contribution in [2.75, 3.05) is 0 Å². The number of rotatable bonds is 2. The third-order valence-electron chi connectivity index (χ3n) is 2.23. The number of carbonyl (C=O) groups excluding carboxylic acids is 1. The van der Waals surface area contributed by atoms with E-state index in [9.17, 15) is 4.79 Å². The molecule has 0 fully saturated rings. The first kappa shape index (κ1) is 9.74. The molecular formula is C11H10OS2. The van der Waals surface area contributed by atoms with E-state index in [1.807, 2.05) is 18.2 Å². The average molecular weight is 222 g/mol. The zero-order chi connectivity index (χ0) is 10.1. The summed E-state index contributed by atoms with van der Waals surface area (Å²) in [5, 5.41) is 1.06. The summed E-state index contributed by atoms with van der Waals surface area (Å²) in [5.74, 6) is 0. The number of benzene rings is 1. The molecule has 0 saturated heterocycles. The van der Waals surface area contributed by atoms with Gasteiger partial charge in [-0.1, -0.05) is 13.0 Å². The molecule has 0 N–H and O–H groups in total. The van der Waals surface area contributed by atoms with Gasteiger partial charge in [0.1, 0.15) is 0 Å². The number of hydrogen-bond acceptors (Lipinski definition) is 3. The highest BCUT2D eigenvalue weighted by atomic mass is 32.1. The first-order valence-electron chi connectivity index (χ1n) is 4.45. The Morgan fingerprint density at radius 1 is 1.50 bits per heavy atom. The van der Waals surface area contributed by atoms with Gasteiger partial charge in [-0.3, -0.25) is 4.79 Å². The molecule has 0 bridgehead atoms. The van der Waals surface area contributed by atoms with Crippen LogP contribution in [0.2, 0.25) is 0 Å². The SMILES string of the molecule is CCc1sc2cc(S)ccc2c1C=O. The van der Waals surface area contributed by atoms with Gasteiger partial charge in [-0.05, 0) is 18.6 Å². The minimum Gasteiger partial charge on any atom is -0.298 e. The topological polar surface area (TPSA) is 17.1 Å². The van der Waals surface area contributed by atoms with Crippen LogP contribution in [0.25, 0.3) is 10.1 Å². The number of thiol groups is 1. The van der Waals surface area contributed by atoms with Gasteiger partial charge in [-0.15, -0.1) is 24.0 Å². The van der Waals surface area contributed by atoms with Crippen LogP contribution in [0, 0.1) is 0 Å². The second-order valence-corrected chi connectivity index (χ2v) is 4.74. The molecule has 0 atom stereocenters. The maximum Gasteiger partial charge on any atom is 0.151 e. The van der Waals surface area contributed by atoms with Crippen LogP contribution in [0.15, 0.2) is 23.1 Å². The van der Waals surface area contributed by atoms with E-state index in [2.05, 4.69) is 19.6 Å². The van der Waals surface area contributed by atoms with Crippen molar-refractivity contribution >= 4 is 40.3 Å². The normalized spacial score (nSPS) is 10.7. The Labute approximate surface area is 92.2 Å². The van der Waals surface area contributed by atoms with Gasteiger partial charge >= 0.3 is 0 Å². The minimum atomic E-state index is 0.848. The fourth-order valence-corrected chi connectivity index (χ4v) is 2.99. The summed E-state index contributed by atoms with van der Waals surface area (Å²) in [6.07, 6.45) is 1.87. The van der Waals surface area contributed by atoms with Crippen LogP contribution in [-0.2, 0) is 6.42 Å². The van der Waals surface area contributed by atoms with E-state index in [0.29, 0.717) is 0 Å². The van der Waals surface area contributed by atoms with E-state index in [-0.39, 0.29) is 0 Å². The fourth-order valence-electron chi connectivity index (χ4n) is 1.55. The minimum absolute atomic E-state index is 0.848. The fraction of sp³-hybridized carbons (Fsp3) is 0.182. The highest BCUT2D eigenvalue weighted by Gasteiger charge is 2.09. The molecule has 1 aromatic heterocycles. The van der Waals surface area contributed by atoms with Gasteiger partial charge in [0, 0.05) is 25.4 Å². The lowest BCUT2D eigenvalue weighted by Crippen LogP contribution is -1.82. The zero-order valence-electron chi connectivity index (χ0n) is 7.78. The molecule has 2 rings (SSSR count). The molecule has 0 unspecified atom stereocenters. The number of thiophene rings is 1. The molecule has 0 aliphatic rings. The smallest absolute Gasteiger partial charge is 0.151 e. The Morgan fingerprint density at radius 2 is 2.29 bits per heavy atom. The van der Waals surface area contributed by atoms with E-state index in [1.54, 1.807) is 11.3 Å². The van der Waals surface area contributed by atoms with E-state index in [4.69, 9.17) is 0 Å². The van der Waals surface area contributed by atoms with Gasteiger partial charge in [-0.2, -0.15) is 0 Å². The van der Waals surface area contributed by atoms with Crippen molar-refractivity contribution in [3.8, 4) is 0 Å². The second kappa shape index (κ2) is 3.75. The van der Waals surface area contributed by atoms with Crippen LogP contribution in [0.5, 0.6) is 0 Å². The van der Waals surface area contributed by atoms with Crippen LogP contribution >= 0.6 is 24.0 Å². The van der Waals surface area contributed by atoms with E-state index < -0.39 is 0 Å². The van der Waals surface area contributed by atoms with Crippen LogP contribution in [0.3, 0.4) is 0 Å². The Kier molecular flexibility index (Phi) is 2.61. The zero-order valence-corrected chi connectivity index (χ0v) is 9.49. The molecule has 1 heterocycles. The molecule has 0 radical (unpaired) electrons. The van der Waals surface area contributed by atoms with Gasteiger partial charge in [-0.25, -0.2) is 0 Å². The maximum absolute atomic E-state index is 10.9. The third-order valence-corrected chi connectivity index (χ3v) is 3.82. The predicted molar refractivity (Wildman–Crippen MR) is 63.8 cm³/mol. The van der Waals surface area contributed by atoms with E-state index in [1.165, 1.54) is 0 Å². The summed E-state index contributed by atoms with van der Waals surface area (Å²) < 4.78 is 1.15. The van der Waals surface area contributed by atoms with Crippen LogP contribution in [-0.4, -0.2) is 6.29 Å². The summed E-state index contributed by atoms with van der Waals surface area (Å²) in [6.45, 7) is 2.07. The van der Waals surface area contributed by atoms with Crippen LogP contribution < -0.4 is 0 Å². The van der Waals surface area contributed by atoms with Gasteiger partial charge in [0.2, 0.25) is 0 Å². The summed E-state index contributed by atoms with van der Waals surface area (Å²) >= 11 is 5.96.